The fourth-order valence-corrected chi connectivity index (χ4v) is 2.37. The van der Waals surface area contributed by atoms with Crippen LogP contribution in [0.2, 0.25) is 0 Å². The van der Waals surface area contributed by atoms with Crippen LogP contribution in [-0.2, 0) is 13.5 Å². The number of aliphatic hydroxyl groups excluding tert-OH is 1. The van der Waals surface area contributed by atoms with E-state index in [0.717, 1.165) is 43.0 Å². The molecule has 0 amide bonds. The topological polar surface area (TPSA) is 67.3 Å². The van der Waals surface area contributed by atoms with E-state index in [0.29, 0.717) is 6.54 Å². The van der Waals surface area contributed by atoms with Crippen LogP contribution in [0.5, 0.6) is 0 Å². The molecule has 2 heterocycles. The van der Waals surface area contributed by atoms with Gasteiger partial charge in [-0.25, -0.2) is 0 Å². The Morgan fingerprint density at radius 3 is 2.88 bits per heavy atom. The Hall–Kier alpha value is -1.23. The predicted octanol–water partition coefficient (Wildman–Crippen LogP) is 0.526. The summed E-state index contributed by atoms with van der Waals surface area (Å²) in [4.78, 5) is 2.13. The number of hydrogen-bond donors (Lipinski definition) is 2. The van der Waals surface area contributed by atoms with E-state index < -0.39 is 0 Å². The number of anilines is 2. The highest BCUT2D eigenvalue weighted by Gasteiger charge is 2.23. The van der Waals surface area contributed by atoms with E-state index in [-0.39, 0.29) is 6.10 Å². The lowest BCUT2D eigenvalue weighted by Crippen LogP contribution is -2.39. The van der Waals surface area contributed by atoms with Crippen LogP contribution in [0.25, 0.3) is 0 Å². The van der Waals surface area contributed by atoms with Crippen LogP contribution < -0.4 is 10.6 Å². The van der Waals surface area contributed by atoms with Crippen LogP contribution in [0.3, 0.4) is 0 Å². The average molecular weight is 224 g/mol. The van der Waals surface area contributed by atoms with Gasteiger partial charge < -0.3 is 15.7 Å². The third kappa shape index (κ3) is 1.87. The Labute approximate surface area is 95.8 Å². The van der Waals surface area contributed by atoms with Crippen LogP contribution in [-0.4, -0.2) is 34.1 Å². The van der Waals surface area contributed by atoms with Crippen molar-refractivity contribution in [3.8, 4) is 0 Å². The van der Waals surface area contributed by atoms with Gasteiger partial charge in [0.15, 0.2) is 0 Å². The van der Waals surface area contributed by atoms with Crippen molar-refractivity contribution in [2.75, 3.05) is 23.7 Å². The van der Waals surface area contributed by atoms with Crippen LogP contribution in [0.4, 0.5) is 11.5 Å². The van der Waals surface area contributed by atoms with Crippen LogP contribution in [0, 0.1) is 0 Å². The fourth-order valence-electron chi connectivity index (χ4n) is 2.37. The molecule has 1 saturated heterocycles. The van der Waals surface area contributed by atoms with Gasteiger partial charge in [-0.15, -0.1) is 0 Å². The van der Waals surface area contributed by atoms with E-state index in [2.05, 4.69) is 10.00 Å². The molecule has 1 fully saturated rings. The highest BCUT2D eigenvalue weighted by Crippen LogP contribution is 2.28. The number of rotatable bonds is 2. The monoisotopic (exact) mass is 224 g/mol. The number of piperidine rings is 1. The minimum absolute atomic E-state index is 0.242. The molecule has 2 rings (SSSR count). The Morgan fingerprint density at radius 1 is 1.56 bits per heavy atom. The van der Waals surface area contributed by atoms with Crippen LogP contribution in [0.1, 0.15) is 25.5 Å². The smallest absolute Gasteiger partial charge is 0.150 e. The second-order valence-corrected chi connectivity index (χ2v) is 4.40. The van der Waals surface area contributed by atoms with Gasteiger partial charge in [0, 0.05) is 20.1 Å². The van der Waals surface area contributed by atoms with Crippen molar-refractivity contribution in [1.29, 1.82) is 0 Å². The maximum atomic E-state index is 9.67. The number of aryl methyl sites for hydroxylation is 2. The van der Waals surface area contributed by atoms with Crippen molar-refractivity contribution in [2.24, 2.45) is 7.05 Å². The number of nitrogens with two attached hydrogens (primary N) is 1. The SMILES string of the molecule is CCc1nn(C)c(N2CCCC(O)C2)c1N. The Bertz CT molecular complexity index is 374. The first kappa shape index (κ1) is 11.3. The predicted molar refractivity (Wildman–Crippen MR) is 64.5 cm³/mol. The molecule has 3 N–H and O–H groups in total. The first-order valence-electron chi connectivity index (χ1n) is 5.87. The number of aromatic nitrogens is 2. The van der Waals surface area contributed by atoms with Crippen molar-refractivity contribution in [3.05, 3.63) is 5.69 Å². The van der Waals surface area contributed by atoms with E-state index in [4.69, 9.17) is 5.73 Å². The summed E-state index contributed by atoms with van der Waals surface area (Å²) in [7, 11) is 1.91. The van der Waals surface area contributed by atoms with Gasteiger partial charge in [-0.2, -0.15) is 5.10 Å². The molecule has 90 valence electrons. The quantitative estimate of drug-likeness (QED) is 0.769. The summed E-state index contributed by atoms with van der Waals surface area (Å²) in [6.07, 6.45) is 2.49. The number of nitrogens with zero attached hydrogens (tertiary/aromatic N) is 3. The minimum Gasteiger partial charge on any atom is -0.394 e. The zero-order valence-corrected chi connectivity index (χ0v) is 9.98. The van der Waals surface area contributed by atoms with Gasteiger partial charge in [-0.1, -0.05) is 6.92 Å². The molecule has 1 aromatic heterocycles. The molecule has 0 aliphatic carbocycles. The van der Waals surface area contributed by atoms with Gasteiger partial charge >= 0.3 is 0 Å². The maximum absolute atomic E-state index is 9.67. The summed E-state index contributed by atoms with van der Waals surface area (Å²) in [5.41, 5.74) is 7.79. The molecule has 16 heavy (non-hydrogen) atoms. The summed E-state index contributed by atoms with van der Waals surface area (Å²) in [5.74, 6) is 0.954. The molecule has 1 atom stereocenters. The normalized spacial score (nSPS) is 21.4. The molecule has 1 aliphatic heterocycles. The maximum Gasteiger partial charge on any atom is 0.150 e. The van der Waals surface area contributed by atoms with Gasteiger partial charge in [0.2, 0.25) is 0 Å². The van der Waals surface area contributed by atoms with E-state index in [1.54, 1.807) is 0 Å². The fraction of sp³-hybridized carbons (Fsp3) is 0.727. The molecule has 0 aromatic carbocycles. The van der Waals surface area contributed by atoms with Crippen molar-refractivity contribution < 1.29 is 5.11 Å². The largest absolute Gasteiger partial charge is 0.394 e. The Balaban J connectivity index is 2.28. The summed E-state index contributed by atoms with van der Waals surface area (Å²) < 4.78 is 1.83. The van der Waals surface area contributed by atoms with Gasteiger partial charge in [0.05, 0.1) is 17.5 Å². The minimum atomic E-state index is -0.242. The molecule has 0 radical (unpaired) electrons. The summed E-state index contributed by atoms with van der Waals surface area (Å²) in [6.45, 7) is 3.66. The van der Waals surface area contributed by atoms with E-state index in [1.165, 1.54) is 0 Å². The standard InChI is InChI=1S/C11H20N4O/c1-3-9-10(12)11(14(2)13-9)15-6-4-5-8(16)7-15/h8,16H,3-7,12H2,1-2H3. The Kier molecular flexibility index (Phi) is 3.05. The second-order valence-electron chi connectivity index (χ2n) is 4.40. The van der Waals surface area contributed by atoms with Crippen molar-refractivity contribution >= 4 is 11.5 Å². The first-order chi connectivity index (χ1) is 7.63. The number of nitrogen functional groups attached to an aromatic ring is 1. The van der Waals surface area contributed by atoms with Crippen LogP contribution in [0.15, 0.2) is 0 Å². The average Bonchev–Trinajstić information content (AvgIpc) is 2.53. The Morgan fingerprint density at radius 2 is 2.31 bits per heavy atom. The zero-order chi connectivity index (χ0) is 11.7. The molecule has 1 unspecified atom stereocenters. The molecule has 0 spiro atoms. The van der Waals surface area contributed by atoms with Gasteiger partial charge in [-0.05, 0) is 19.3 Å². The van der Waals surface area contributed by atoms with Gasteiger partial charge in [-0.3, -0.25) is 4.68 Å². The highest BCUT2D eigenvalue weighted by molar-refractivity contribution is 5.66. The number of β-amino-alcohol motifs (C(OH)–C–C–N with tert-alkyl or cyclic N) is 1. The molecule has 0 saturated carbocycles. The van der Waals surface area contributed by atoms with Crippen molar-refractivity contribution in [3.63, 3.8) is 0 Å². The lowest BCUT2D eigenvalue weighted by atomic mass is 10.1. The second kappa shape index (κ2) is 4.33. The summed E-state index contributed by atoms with van der Waals surface area (Å²) in [6, 6.07) is 0. The molecule has 5 nitrogen and oxygen atoms in total. The third-order valence-corrected chi connectivity index (χ3v) is 3.16. The van der Waals surface area contributed by atoms with E-state index in [9.17, 15) is 5.11 Å². The van der Waals surface area contributed by atoms with Crippen molar-refractivity contribution in [2.45, 2.75) is 32.3 Å². The third-order valence-electron chi connectivity index (χ3n) is 3.16. The molecular weight excluding hydrogens is 204 g/mol. The molecule has 1 aromatic rings. The molecule has 0 bridgehead atoms. The summed E-state index contributed by atoms with van der Waals surface area (Å²) in [5, 5.41) is 14.1. The lowest BCUT2D eigenvalue weighted by molar-refractivity contribution is 0.153. The molecular formula is C11H20N4O. The molecule has 5 heteroatoms. The van der Waals surface area contributed by atoms with Gasteiger partial charge in [0.25, 0.3) is 0 Å². The first-order valence-corrected chi connectivity index (χ1v) is 5.87. The van der Waals surface area contributed by atoms with E-state index in [1.807, 2.05) is 18.7 Å². The van der Waals surface area contributed by atoms with Crippen LogP contribution >= 0.6 is 0 Å². The number of aliphatic hydroxyl groups is 1. The zero-order valence-electron chi connectivity index (χ0n) is 9.98. The van der Waals surface area contributed by atoms with Gasteiger partial charge in [0.1, 0.15) is 5.82 Å². The van der Waals surface area contributed by atoms with E-state index >= 15 is 0 Å². The lowest BCUT2D eigenvalue weighted by Gasteiger charge is -2.31. The highest BCUT2D eigenvalue weighted by atomic mass is 16.3. The summed E-state index contributed by atoms with van der Waals surface area (Å²) >= 11 is 0. The van der Waals surface area contributed by atoms with Crippen molar-refractivity contribution in [1.82, 2.24) is 9.78 Å². The number of hydrogen-bond acceptors (Lipinski definition) is 4. The molecule has 1 aliphatic rings.